The van der Waals surface area contributed by atoms with E-state index in [2.05, 4.69) is 48.9 Å². The summed E-state index contributed by atoms with van der Waals surface area (Å²) in [6, 6.07) is 22.1. The van der Waals surface area contributed by atoms with E-state index < -0.39 is 5.41 Å². The molecule has 2 atom stereocenters. The summed E-state index contributed by atoms with van der Waals surface area (Å²) in [6.45, 7) is 4.41. The molecule has 33 heavy (non-hydrogen) atoms. The lowest BCUT2D eigenvalue weighted by Gasteiger charge is -2.53. The van der Waals surface area contributed by atoms with Crippen LogP contribution in [0.25, 0.3) is 0 Å². The van der Waals surface area contributed by atoms with Crippen LogP contribution in [0.2, 0.25) is 0 Å². The van der Waals surface area contributed by atoms with Crippen LogP contribution >= 0.6 is 15.9 Å². The third kappa shape index (κ3) is 3.09. The number of aromatic nitrogens is 1. The van der Waals surface area contributed by atoms with Crippen molar-refractivity contribution in [2.24, 2.45) is 10.5 Å². The van der Waals surface area contributed by atoms with Crippen LogP contribution in [-0.4, -0.2) is 42.3 Å². The molecule has 0 N–H and O–H groups in total. The van der Waals surface area contributed by atoms with Crippen LogP contribution in [0.15, 0.2) is 82.5 Å². The number of nitrogens with zero attached hydrogens (tertiary/aromatic N) is 5. The van der Waals surface area contributed by atoms with Crippen molar-refractivity contribution in [1.82, 2.24) is 4.98 Å². The number of hydrogen-bond acceptors (Lipinski definition) is 5. The smallest absolute Gasteiger partial charge is 0.261 e. The molecule has 3 aromatic rings. The van der Waals surface area contributed by atoms with E-state index in [4.69, 9.17) is 5.10 Å². The number of hydrazone groups is 1. The fourth-order valence-electron chi connectivity index (χ4n) is 5.60. The normalized spacial score (nSPS) is 24.1. The Morgan fingerprint density at radius 3 is 2.64 bits per heavy atom. The predicted octanol–water partition coefficient (Wildman–Crippen LogP) is 4.50. The van der Waals surface area contributed by atoms with Gasteiger partial charge < -0.3 is 9.80 Å². The maximum Gasteiger partial charge on any atom is 0.261 e. The number of halogens is 1. The Hall–Kier alpha value is -3.19. The first-order chi connectivity index (χ1) is 16.1. The summed E-state index contributed by atoms with van der Waals surface area (Å²) in [5, 5.41) is 6.44. The van der Waals surface area contributed by atoms with E-state index >= 15 is 0 Å². The van der Waals surface area contributed by atoms with Crippen molar-refractivity contribution in [3.05, 3.63) is 83.0 Å². The largest absolute Gasteiger partial charge is 0.363 e. The van der Waals surface area contributed by atoms with Crippen LogP contribution in [0.5, 0.6) is 0 Å². The zero-order valence-electron chi connectivity index (χ0n) is 18.4. The van der Waals surface area contributed by atoms with Gasteiger partial charge in [-0.3, -0.25) is 4.79 Å². The van der Waals surface area contributed by atoms with Gasteiger partial charge in [0.1, 0.15) is 11.2 Å². The van der Waals surface area contributed by atoms with Gasteiger partial charge in [-0.05, 0) is 61.4 Å². The zero-order valence-corrected chi connectivity index (χ0v) is 19.9. The van der Waals surface area contributed by atoms with Gasteiger partial charge in [0.05, 0.1) is 17.4 Å². The summed E-state index contributed by atoms with van der Waals surface area (Å²) in [5.74, 6) is 1.00. The number of anilines is 3. The Morgan fingerprint density at radius 2 is 1.85 bits per heavy atom. The van der Waals surface area contributed by atoms with Crippen molar-refractivity contribution >= 4 is 44.7 Å². The second-order valence-electron chi connectivity index (χ2n) is 8.90. The minimum absolute atomic E-state index is 0.0353. The number of benzene rings is 2. The number of fused-ring (bicyclic) bond motifs is 4. The third-order valence-electron chi connectivity index (χ3n) is 7.21. The zero-order chi connectivity index (χ0) is 22.6. The molecule has 2 aromatic carbocycles. The molecular formula is C26H24BrN5O. The van der Waals surface area contributed by atoms with Crippen molar-refractivity contribution in [1.29, 1.82) is 0 Å². The van der Waals surface area contributed by atoms with Gasteiger partial charge in [0.2, 0.25) is 0 Å². The van der Waals surface area contributed by atoms with Gasteiger partial charge in [0, 0.05) is 36.0 Å². The molecule has 0 unspecified atom stereocenters. The average Bonchev–Trinajstić information content (AvgIpc) is 3.10. The van der Waals surface area contributed by atoms with E-state index in [9.17, 15) is 4.79 Å². The number of carbonyl (C=O) groups is 1. The van der Waals surface area contributed by atoms with Crippen molar-refractivity contribution in [2.45, 2.75) is 19.4 Å². The lowest BCUT2D eigenvalue weighted by molar-refractivity contribution is -0.125. The minimum atomic E-state index is -0.725. The fourth-order valence-corrected chi connectivity index (χ4v) is 6.00. The molecule has 6 rings (SSSR count). The highest BCUT2D eigenvalue weighted by atomic mass is 79.9. The number of hydrogen-bond donors (Lipinski definition) is 0. The Labute approximate surface area is 201 Å². The lowest BCUT2D eigenvalue weighted by Crippen LogP contribution is -2.67. The number of amides is 1. The number of piperazine rings is 1. The third-order valence-corrected chi connectivity index (χ3v) is 7.71. The summed E-state index contributed by atoms with van der Waals surface area (Å²) in [6.07, 6.45) is 2.46. The Bertz CT molecular complexity index is 1250. The maximum atomic E-state index is 14.2. The molecular weight excluding hydrogens is 478 g/mol. The van der Waals surface area contributed by atoms with Gasteiger partial charge in [-0.25, -0.2) is 4.98 Å². The number of para-hydroxylation sites is 1. The van der Waals surface area contributed by atoms with Crippen LogP contribution < -0.4 is 14.8 Å². The summed E-state index contributed by atoms with van der Waals surface area (Å²) in [5.41, 5.74) is 3.36. The molecule has 3 aliphatic heterocycles. The molecule has 1 amide bonds. The molecule has 0 radical (unpaired) electrons. The standard InChI is InChI=1S/C26H24BrN5O/c1-18-26(25(33)32(29-18)21-7-3-2-4-8-21)16-19-15-20(27)10-11-22(19)31-14-13-30(17-23(26)31)24-9-5-6-12-28-24/h2-12,15,23H,13-14,16-17H2,1H3/t23-,26+/m1/s1. The quantitative estimate of drug-likeness (QED) is 0.518. The van der Waals surface area contributed by atoms with Crippen LogP contribution in [-0.2, 0) is 11.2 Å². The molecule has 1 aromatic heterocycles. The van der Waals surface area contributed by atoms with Crippen LogP contribution in [0.4, 0.5) is 17.2 Å². The lowest BCUT2D eigenvalue weighted by atomic mass is 9.67. The number of rotatable bonds is 2. The van der Waals surface area contributed by atoms with E-state index in [1.165, 1.54) is 11.3 Å². The first-order valence-electron chi connectivity index (χ1n) is 11.2. The molecule has 4 heterocycles. The van der Waals surface area contributed by atoms with E-state index in [0.29, 0.717) is 13.0 Å². The Morgan fingerprint density at radius 1 is 1.03 bits per heavy atom. The summed E-state index contributed by atoms with van der Waals surface area (Å²) < 4.78 is 1.03. The van der Waals surface area contributed by atoms with Crippen molar-refractivity contribution in [3.63, 3.8) is 0 Å². The van der Waals surface area contributed by atoms with E-state index in [-0.39, 0.29) is 11.9 Å². The topological polar surface area (TPSA) is 52.0 Å². The Kier molecular flexibility index (Phi) is 4.76. The van der Waals surface area contributed by atoms with Gasteiger partial charge in [-0.1, -0.05) is 40.2 Å². The number of carbonyl (C=O) groups excluding carboxylic acids is 1. The molecule has 3 aliphatic rings. The molecule has 1 fully saturated rings. The molecule has 0 aliphatic carbocycles. The summed E-state index contributed by atoms with van der Waals surface area (Å²) in [4.78, 5) is 23.5. The second kappa shape index (κ2) is 7.70. The molecule has 7 heteroatoms. The first-order valence-corrected chi connectivity index (χ1v) is 12.0. The second-order valence-corrected chi connectivity index (χ2v) is 9.82. The molecule has 0 saturated carbocycles. The van der Waals surface area contributed by atoms with Crippen molar-refractivity contribution in [3.8, 4) is 0 Å². The molecule has 1 spiro atoms. The van der Waals surface area contributed by atoms with Crippen LogP contribution in [0.1, 0.15) is 12.5 Å². The highest BCUT2D eigenvalue weighted by Crippen LogP contribution is 2.48. The number of pyridine rings is 1. The highest BCUT2D eigenvalue weighted by Gasteiger charge is 2.60. The first kappa shape index (κ1) is 20.4. The predicted molar refractivity (Wildman–Crippen MR) is 135 cm³/mol. The van der Waals surface area contributed by atoms with Gasteiger partial charge >= 0.3 is 0 Å². The Balaban J connectivity index is 1.47. The molecule has 6 nitrogen and oxygen atoms in total. The average molecular weight is 502 g/mol. The SMILES string of the molecule is CC1=NN(c2ccccc2)C(=O)[C@@]12Cc1cc(Br)ccc1N1CCN(c3ccccn3)C[C@@H]12. The van der Waals surface area contributed by atoms with Crippen LogP contribution in [0.3, 0.4) is 0 Å². The van der Waals surface area contributed by atoms with Gasteiger partial charge in [-0.15, -0.1) is 0 Å². The molecule has 1 saturated heterocycles. The summed E-state index contributed by atoms with van der Waals surface area (Å²) in [7, 11) is 0. The maximum absolute atomic E-state index is 14.2. The molecule has 0 bridgehead atoms. The van der Waals surface area contributed by atoms with Crippen molar-refractivity contribution in [2.75, 3.05) is 34.4 Å². The fraction of sp³-hybridized carbons (Fsp3) is 0.269. The van der Waals surface area contributed by atoms with E-state index in [1.54, 1.807) is 5.01 Å². The molecule has 166 valence electrons. The van der Waals surface area contributed by atoms with Gasteiger partial charge in [0.15, 0.2) is 0 Å². The summed E-state index contributed by atoms with van der Waals surface area (Å²) >= 11 is 3.63. The highest BCUT2D eigenvalue weighted by molar-refractivity contribution is 9.10. The van der Waals surface area contributed by atoms with Gasteiger partial charge in [-0.2, -0.15) is 10.1 Å². The monoisotopic (exact) mass is 501 g/mol. The van der Waals surface area contributed by atoms with Crippen LogP contribution in [0, 0.1) is 5.41 Å². The van der Waals surface area contributed by atoms with Crippen molar-refractivity contribution < 1.29 is 4.79 Å². The minimum Gasteiger partial charge on any atom is -0.363 e. The van der Waals surface area contributed by atoms with E-state index in [1.807, 2.05) is 61.7 Å². The van der Waals surface area contributed by atoms with Gasteiger partial charge in [0.25, 0.3) is 5.91 Å². The van der Waals surface area contributed by atoms with E-state index in [0.717, 1.165) is 34.8 Å².